The standard InChI is InChI=1S/C22H17F6N3O3S/c1-31(12-13-8-15(21(23,24)25)10-16(9-13)22(26,27)28)19(32)17-11-29-20(35(2,33)34)30-18(17)14-6-4-3-5-7-14/h3-11H,12H2,1-2H3. The fourth-order valence-electron chi connectivity index (χ4n) is 3.18. The largest absolute Gasteiger partial charge is 0.416 e. The first-order valence-electron chi connectivity index (χ1n) is 9.73. The van der Waals surface area contributed by atoms with Crippen LogP contribution in [0.5, 0.6) is 0 Å². The van der Waals surface area contributed by atoms with E-state index in [0.29, 0.717) is 17.7 Å². The molecule has 3 aromatic rings. The van der Waals surface area contributed by atoms with E-state index in [-0.39, 0.29) is 17.3 Å². The second-order valence-corrected chi connectivity index (χ2v) is 9.54. The van der Waals surface area contributed by atoms with Gasteiger partial charge in [-0.3, -0.25) is 4.79 Å². The molecule has 0 aliphatic rings. The number of halogens is 6. The van der Waals surface area contributed by atoms with Crippen molar-refractivity contribution in [3.05, 3.63) is 77.0 Å². The van der Waals surface area contributed by atoms with E-state index in [0.717, 1.165) is 17.4 Å². The second kappa shape index (κ2) is 9.29. The van der Waals surface area contributed by atoms with Gasteiger partial charge in [-0.25, -0.2) is 18.4 Å². The lowest BCUT2D eigenvalue weighted by Gasteiger charge is -2.21. The number of aromatic nitrogens is 2. The van der Waals surface area contributed by atoms with Crippen molar-refractivity contribution in [1.29, 1.82) is 0 Å². The molecule has 1 heterocycles. The minimum Gasteiger partial charge on any atom is -0.337 e. The number of hydrogen-bond donors (Lipinski definition) is 0. The Morgan fingerprint density at radius 2 is 1.49 bits per heavy atom. The first kappa shape index (κ1) is 26.1. The summed E-state index contributed by atoms with van der Waals surface area (Å²) >= 11 is 0. The van der Waals surface area contributed by atoms with Gasteiger partial charge in [-0.1, -0.05) is 30.3 Å². The molecule has 0 aliphatic heterocycles. The molecule has 35 heavy (non-hydrogen) atoms. The number of sulfone groups is 1. The summed E-state index contributed by atoms with van der Waals surface area (Å²) in [7, 11) is -2.67. The van der Waals surface area contributed by atoms with Crippen LogP contribution in [0.15, 0.2) is 59.9 Å². The summed E-state index contributed by atoms with van der Waals surface area (Å²) in [5.74, 6) is -0.838. The topological polar surface area (TPSA) is 80.2 Å². The molecule has 3 rings (SSSR count). The Bertz CT molecular complexity index is 1320. The zero-order valence-electron chi connectivity index (χ0n) is 18.1. The first-order valence-corrected chi connectivity index (χ1v) is 11.6. The molecule has 13 heteroatoms. The van der Waals surface area contributed by atoms with Gasteiger partial charge in [-0.15, -0.1) is 0 Å². The molecular formula is C22H17F6N3O3S. The fourth-order valence-corrected chi connectivity index (χ4v) is 3.68. The third-order valence-electron chi connectivity index (χ3n) is 4.79. The molecule has 1 aromatic heterocycles. The van der Waals surface area contributed by atoms with Gasteiger partial charge >= 0.3 is 12.4 Å². The zero-order chi connectivity index (χ0) is 26.2. The lowest BCUT2D eigenvalue weighted by atomic mass is 10.0. The minimum absolute atomic E-state index is 0.00339. The Balaban J connectivity index is 2.03. The predicted molar refractivity (Wildman–Crippen MR) is 113 cm³/mol. The van der Waals surface area contributed by atoms with Crippen molar-refractivity contribution in [1.82, 2.24) is 14.9 Å². The minimum atomic E-state index is -5.03. The second-order valence-electron chi connectivity index (χ2n) is 7.63. The molecule has 0 unspecified atom stereocenters. The van der Waals surface area contributed by atoms with E-state index >= 15 is 0 Å². The molecule has 2 aromatic carbocycles. The summed E-state index contributed by atoms with van der Waals surface area (Å²) in [6.07, 6.45) is -8.24. The molecule has 0 saturated heterocycles. The van der Waals surface area contributed by atoms with Crippen molar-refractivity contribution in [2.45, 2.75) is 24.1 Å². The van der Waals surface area contributed by atoms with E-state index in [2.05, 4.69) is 9.97 Å². The number of carbonyl (C=O) groups excluding carboxylic acids is 1. The Morgan fingerprint density at radius 3 is 1.97 bits per heavy atom. The highest BCUT2D eigenvalue weighted by molar-refractivity contribution is 7.90. The number of amides is 1. The summed E-state index contributed by atoms with van der Waals surface area (Å²) in [6, 6.07) is 9.04. The van der Waals surface area contributed by atoms with Crippen LogP contribution in [0.4, 0.5) is 26.3 Å². The Labute approximate surface area is 196 Å². The maximum Gasteiger partial charge on any atom is 0.416 e. The van der Waals surface area contributed by atoms with Crippen LogP contribution in [0, 0.1) is 0 Å². The van der Waals surface area contributed by atoms with Crippen LogP contribution in [-0.2, 0) is 28.7 Å². The van der Waals surface area contributed by atoms with Crippen molar-refractivity contribution in [3.8, 4) is 11.3 Å². The van der Waals surface area contributed by atoms with Crippen molar-refractivity contribution in [2.75, 3.05) is 13.3 Å². The van der Waals surface area contributed by atoms with Gasteiger partial charge < -0.3 is 4.90 Å². The van der Waals surface area contributed by atoms with Crippen LogP contribution in [0.2, 0.25) is 0 Å². The molecule has 0 saturated carbocycles. The molecule has 0 radical (unpaired) electrons. The molecule has 0 bridgehead atoms. The molecule has 0 aliphatic carbocycles. The summed E-state index contributed by atoms with van der Waals surface area (Å²) in [4.78, 5) is 21.7. The normalized spacial score (nSPS) is 12.5. The fraction of sp³-hybridized carbons (Fsp3) is 0.227. The third-order valence-corrected chi connectivity index (χ3v) is 5.65. The van der Waals surface area contributed by atoms with E-state index < -0.39 is 56.5 Å². The molecule has 1 amide bonds. The Kier molecular flexibility index (Phi) is 6.93. The van der Waals surface area contributed by atoms with E-state index in [1.807, 2.05) is 0 Å². The molecule has 0 atom stereocenters. The van der Waals surface area contributed by atoms with Gasteiger partial charge in [0.2, 0.25) is 15.0 Å². The SMILES string of the molecule is CN(Cc1cc(C(F)(F)F)cc(C(F)(F)F)c1)C(=O)c1cnc(S(C)(=O)=O)nc1-c1ccccc1. The highest BCUT2D eigenvalue weighted by Gasteiger charge is 2.37. The Morgan fingerprint density at radius 1 is 0.943 bits per heavy atom. The highest BCUT2D eigenvalue weighted by Crippen LogP contribution is 2.36. The van der Waals surface area contributed by atoms with Gasteiger partial charge in [-0.05, 0) is 23.8 Å². The van der Waals surface area contributed by atoms with E-state index in [9.17, 15) is 39.6 Å². The smallest absolute Gasteiger partial charge is 0.337 e. The predicted octanol–water partition coefficient (Wildman–Crippen LogP) is 4.86. The van der Waals surface area contributed by atoms with E-state index in [1.165, 1.54) is 7.05 Å². The lowest BCUT2D eigenvalue weighted by molar-refractivity contribution is -0.143. The number of nitrogens with zero attached hydrogens (tertiary/aromatic N) is 3. The maximum atomic E-state index is 13.2. The molecule has 6 nitrogen and oxygen atoms in total. The zero-order valence-corrected chi connectivity index (χ0v) is 19.0. The first-order chi connectivity index (χ1) is 16.1. The monoisotopic (exact) mass is 517 g/mol. The van der Waals surface area contributed by atoms with Gasteiger partial charge in [-0.2, -0.15) is 26.3 Å². The van der Waals surface area contributed by atoms with Crippen LogP contribution in [0.25, 0.3) is 11.3 Å². The van der Waals surface area contributed by atoms with Gasteiger partial charge in [0.25, 0.3) is 5.91 Å². The van der Waals surface area contributed by atoms with Crippen molar-refractivity contribution < 1.29 is 39.6 Å². The number of carbonyl (C=O) groups is 1. The van der Waals surface area contributed by atoms with Crippen LogP contribution in [0.1, 0.15) is 27.0 Å². The molecule has 0 spiro atoms. The molecular weight excluding hydrogens is 500 g/mol. The number of benzene rings is 2. The molecule has 186 valence electrons. The summed E-state index contributed by atoms with van der Waals surface area (Å²) in [5, 5.41) is -0.553. The van der Waals surface area contributed by atoms with E-state index in [4.69, 9.17) is 0 Å². The van der Waals surface area contributed by atoms with Crippen molar-refractivity contribution >= 4 is 15.7 Å². The number of rotatable bonds is 5. The van der Waals surface area contributed by atoms with Gasteiger partial charge in [0.15, 0.2) is 0 Å². The maximum absolute atomic E-state index is 13.2. The third kappa shape index (κ3) is 6.15. The average molecular weight is 517 g/mol. The van der Waals surface area contributed by atoms with Crippen LogP contribution in [0.3, 0.4) is 0 Å². The van der Waals surface area contributed by atoms with Crippen LogP contribution < -0.4 is 0 Å². The number of alkyl halides is 6. The highest BCUT2D eigenvalue weighted by atomic mass is 32.2. The lowest BCUT2D eigenvalue weighted by Crippen LogP contribution is -2.28. The van der Waals surface area contributed by atoms with Crippen LogP contribution in [-0.4, -0.2) is 42.5 Å². The van der Waals surface area contributed by atoms with Crippen molar-refractivity contribution in [3.63, 3.8) is 0 Å². The number of hydrogen-bond acceptors (Lipinski definition) is 5. The summed E-state index contributed by atoms with van der Waals surface area (Å²) in [5.41, 5.74) is -3.30. The van der Waals surface area contributed by atoms with Gasteiger partial charge in [0.05, 0.1) is 22.4 Å². The van der Waals surface area contributed by atoms with Crippen molar-refractivity contribution in [2.24, 2.45) is 0 Å². The van der Waals surface area contributed by atoms with Gasteiger partial charge in [0.1, 0.15) is 0 Å². The van der Waals surface area contributed by atoms with Crippen LogP contribution >= 0.6 is 0 Å². The summed E-state index contributed by atoms with van der Waals surface area (Å²) in [6.45, 7) is -0.603. The average Bonchev–Trinajstić information content (AvgIpc) is 2.76. The Hall–Kier alpha value is -3.48. The molecule has 0 fully saturated rings. The summed E-state index contributed by atoms with van der Waals surface area (Å²) < 4.78 is 103. The molecule has 0 N–H and O–H groups in total. The van der Waals surface area contributed by atoms with Gasteiger partial charge in [0, 0.05) is 31.6 Å². The quantitative estimate of drug-likeness (QED) is 0.357. The van der Waals surface area contributed by atoms with E-state index in [1.54, 1.807) is 30.3 Å².